The van der Waals surface area contributed by atoms with Crippen LogP contribution in [0.2, 0.25) is 0 Å². The molecule has 0 aliphatic carbocycles. The van der Waals surface area contributed by atoms with Crippen LogP contribution in [-0.4, -0.2) is 28.8 Å². The van der Waals surface area contributed by atoms with Crippen LogP contribution in [0.5, 0.6) is 11.5 Å². The number of hydrogen-bond donors (Lipinski definition) is 1. The molecule has 3 rings (SSSR count). The molecule has 0 saturated carbocycles. The summed E-state index contributed by atoms with van der Waals surface area (Å²) < 4.78 is 11.3. The number of hydrogen-bond acceptors (Lipinski definition) is 6. The predicted molar refractivity (Wildman–Crippen MR) is 115 cm³/mol. The van der Waals surface area contributed by atoms with Crippen molar-refractivity contribution in [3.8, 4) is 11.5 Å². The van der Waals surface area contributed by atoms with Crippen LogP contribution in [-0.2, 0) is 12.8 Å². The number of rotatable bonds is 9. The lowest BCUT2D eigenvalue weighted by molar-refractivity contribution is 0.102. The van der Waals surface area contributed by atoms with Crippen LogP contribution in [0.3, 0.4) is 0 Å². The largest absolute Gasteiger partial charge is 0.493 e. The van der Waals surface area contributed by atoms with E-state index in [0.29, 0.717) is 23.7 Å². The maximum Gasteiger partial charge on any atom is 0.257 e. The number of aromatic nitrogens is 2. The fourth-order valence-corrected chi connectivity index (χ4v) is 3.32. The molecule has 0 bridgehead atoms. The molecule has 0 fully saturated rings. The Morgan fingerprint density at radius 3 is 2.38 bits per heavy atom. The molecule has 0 radical (unpaired) electrons. The summed E-state index contributed by atoms with van der Waals surface area (Å²) in [6, 6.07) is 15.1. The highest BCUT2D eigenvalue weighted by Crippen LogP contribution is 2.19. The van der Waals surface area contributed by atoms with Crippen LogP contribution in [0, 0.1) is 0 Å². The van der Waals surface area contributed by atoms with Gasteiger partial charge in [-0.15, -0.1) is 10.2 Å². The molecule has 1 amide bonds. The number of nitrogens with zero attached hydrogens (tertiary/aromatic N) is 2. The Bertz CT molecular complexity index is 921. The molecule has 3 aromatic rings. The fraction of sp³-hybridized carbons (Fsp3) is 0.318. The van der Waals surface area contributed by atoms with Gasteiger partial charge in [0.05, 0.1) is 12.7 Å². The highest BCUT2D eigenvalue weighted by molar-refractivity contribution is 7.15. The Morgan fingerprint density at radius 1 is 1.03 bits per heavy atom. The second-order valence-corrected chi connectivity index (χ2v) is 7.80. The highest BCUT2D eigenvalue weighted by Gasteiger charge is 2.11. The van der Waals surface area contributed by atoms with E-state index in [9.17, 15) is 4.79 Å². The minimum atomic E-state index is -0.226. The van der Waals surface area contributed by atoms with Crippen LogP contribution in [0.1, 0.15) is 41.7 Å². The lowest BCUT2D eigenvalue weighted by Gasteiger charge is -2.09. The summed E-state index contributed by atoms with van der Waals surface area (Å²) >= 11 is 1.35. The number of carbonyl (C=O) groups excluding carboxylic acids is 1. The summed E-state index contributed by atoms with van der Waals surface area (Å²) in [6.07, 6.45) is 1.73. The Morgan fingerprint density at radius 2 is 1.72 bits per heavy atom. The zero-order valence-corrected chi connectivity index (χ0v) is 17.7. The molecule has 152 valence electrons. The molecule has 2 aromatic carbocycles. The van der Waals surface area contributed by atoms with Gasteiger partial charge in [-0.2, -0.15) is 0 Å². The first kappa shape index (κ1) is 20.8. The molecule has 0 spiro atoms. The van der Waals surface area contributed by atoms with Crippen molar-refractivity contribution in [2.24, 2.45) is 0 Å². The maximum absolute atomic E-state index is 12.4. The average Bonchev–Trinajstić information content (AvgIpc) is 3.15. The van der Waals surface area contributed by atoms with Crippen molar-refractivity contribution >= 4 is 22.4 Å². The van der Waals surface area contributed by atoms with Crippen molar-refractivity contribution < 1.29 is 14.3 Å². The molecule has 7 heteroatoms. The van der Waals surface area contributed by atoms with Gasteiger partial charge in [-0.1, -0.05) is 30.4 Å². The van der Waals surface area contributed by atoms with E-state index in [4.69, 9.17) is 9.47 Å². The van der Waals surface area contributed by atoms with Crippen LogP contribution < -0.4 is 14.8 Å². The van der Waals surface area contributed by atoms with Gasteiger partial charge < -0.3 is 9.47 Å². The predicted octanol–water partition coefficient (Wildman–Crippen LogP) is 4.76. The molecule has 1 heterocycles. The molecule has 0 saturated heterocycles. The number of nitrogens with one attached hydrogen (secondary N) is 1. The first-order valence-electron chi connectivity index (χ1n) is 9.65. The lowest BCUT2D eigenvalue weighted by Crippen LogP contribution is -2.12. The first-order valence-corrected chi connectivity index (χ1v) is 10.5. The van der Waals surface area contributed by atoms with Gasteiger partial charge in [-0.3, -0.25) is 10.1 Å². The number of aryl methyl sites for hydroxylation is 1. The van der Waals surface area contributed by atoms with Crippen molar-refractivity contribution in [3.05, 3.63) is 64.7 Å². The third-order valence-corrected chi connectivity index (χ3v) is 4.99. The standard InChI is InChI=1S/C22H25N3O3S/c1-4-16-5-9-18(10-6-16)27-14-13-20-24-25-22(29-20)23-21(26)17-7-11-19(12-8-17)28-15(2)3/h5-12,15H,4,13-14H2,1-3H3,(H,23,25,26). The van der Waals surface area contributed by atoms with E-state index in [2.05, 4.69) is 34.6 Å². The van der Waals surface area contributed by atoms with Gasteiger partial charge in [0, 0.05) is 12.0 Å². The second kappa shape index (κ2) is 10.0. The molecule has 0 atom stereocenters. The molecule has 1 N–H and O–H groups in total. The van der Waals surface area contributed by atoms with Gasteiger partial charge >= 0.3 is 0 Å². The fourth-order valence-electron chi connectivity index (χ4n) is 2.61. The van der Waals surface area contributed by atoms with E-state index in [1.54, 1.807) is 24.3 Å². The van der Waals surface area contributed by atoms with E-state index >= 15 is 0 Å². The number of benzene rings is 2. The molecule has 6 nitrogen and oxygen atoms in total. The Balaban J connectivity index is 1.48. The minimum absolute atomic E-state index is 0.0918. The molecule has 29 heavy (non-hydrogen) atoms. The van der Waals surface area contributed by atoms with Gasteiger partial charge in [0.2, 0.25) is 5.13 Å². The molecule has 0 aliphatic heterocycles. The van der Waals surface area contributed by atoms with Crippen molar-refractivity contribution in [1.82, 2.24) is 10.2 Å². The third-order valence-electron chi connectivity index (χ3n) is 4.09. The molecular weight excluding hydrogens is 386 g/mol. The second-order valence-electron chi connectivity index (χ2n) is 6.74. The summed E-state index contributed by atoms with van der Waals surface area (Å²) in [7, 11) is 0. The molecular formula is C22H25N3O3S. The Hall–Kier alpha value is -2.93. The Kier molecular flexibility index (Phi) is 7.19. The van der Waals surface area contributed by atoms with Crippen molar-refractivity contribution in [1.29, 1.82) is 0 Å². The zero-order valence-electron chi connectivity index (χ0n) is 16.8. The van der Waals surface area contributed by atoms with Gasteiger partial charge in [-0.05, 0) is 62.2 Å². The first-order chi connectivity index (χ1) is 14.0. The number of anilines is 1. The quantitative estimate of drug-likeness (QED) is 0.549. The number of ether oxygens (including phenoxy) is 2. The minimum Gasteiger partial charge on any atom is -0.493 e. The van der Waals surface area contributed by atoms with Gasteiger partial charge in [0.25, 0.3) is 5.91 Å². The maximum atomic E-state index is 12.4. The van der Waals surface area contributed by atoms with E-state index in [1.165, 1.54) is 16.9 Å². The molecule has 1 aromatic heterocycles. The summed E-state index contributed by atoms with van der Waals surface area (Å²) in [5, 5.41) is 12.2. The number of carbonyl (C=O) groups is 1. The van der Waals surface area contributed by atoms with Crippen molar-refractivity contribution in [3.63, 3.8) is 0 Å². The summed E-state index contributed by atoms with van der Waals surface area (Å²) in [5.74, 6) is 1.35. The zero-order chi connectivity index (χ0) is 20.6. The highest BCUT2D eigenvalue weighted by atomic mass is 32.1. The average molecular weight is 412 g/mol. The molecule has 0 unspecified atom stereocenters. The third kappa shape index (κ3) is 6.29. The van der Waals surface area contributed by atoms with E-state index in [-0.39, 0.29) is 12.0 Å². The SMILES string of the molecule is CCc1ccc(OCCc2nnc(NC(=O)c3ccc(OC(C)C)cc3)s2)cc1. The van der Waals surface area contributed by atoms with Gasteiger partial charge in [0.15, 0.2) is 0 Å². The van der Waals surface area contributed by atoms with Gasteiger partial charge in [-0.25, -0.2) is 0 Å². The summed E-state index contributed by atoms with van der Waals surface area (Å²) in [5.41, 5.74) is 1.82. The van der Waals surface area contributed by atoms with Crippen LogP contribution in [0.4, 0.5) is 5.13 Å². The smallest absolute Gasteiger partial charge is 0.257 e. The monoisotopic (exact) mass is 411 g/mol. The van der Waals surface area contributed by atoms with Crippen molar-refractivity contribution in [2.45, 2.75) is 39.7 Å². The number of amides is 1. The van der Waals surface area contributed by atoms with Crippen LogP contribution >= 0.6 is 11.3 Å². The summed E-state index contributed by atoms with van der Waals surface area (Å²) in [4.78, 5) is 12.4. The normalized spacial score (nSPS) is 10.8. The van der Waals surface area contributed by atoms with Crippen LogP contribution in [0.25, 0.3) is 0 Å². The summed E-state index contributed by atoms with van der Waals surface area (Å²) in [6.45, 7) is 6.55. The van der Waals surface area contributed by atoms with Crippen molar-refractivity contribution in [2.75, 3.05) is 11.9 Å². The lowest BCUT2D eigenvalue weighted by atomic mass is 10.2. The topological polar surface area (TPSA) is 73.3 Å². The van der Waals surface area contributed by atoms with Crippen LogP contribution in [0.15, 0.2) is 48.5 Å². The van der Waals surface area contributed by atoms with E-state index in [1.807, 2.05) is 26.0 Å². The van der Waals surface area contributed by atoms with Gasteiger partial charge in [0.1, 0.15) is 16.5 Å². The van der Waals surface area contributed by atoms with E-state index in [0.717, 1.165) is 22.9 Å². The van der Waals surface area contributed by atoms with E-state index < -0.39 is 0 Å². The Labute approximate surface area is 174 Å². The molecule has 0 aliphatic rings.